The summed E-state index contributed by atoms with van der Waals surface area (Å²) in [6.45, 7) is 4.46. The van der Waals surface area contributed by atoms with Gasteiger partial charge in [0.2, 0.25) is 10.0 Å². The van der Waals surface area contributed by atoms with Crippen molar-refractivity contribution in [3.8, 4) is 0 Å². The van der Waals surface area contributed by atoms with Crippen LogP contribution in [0.1, 0.15) is 38.2 Å². The number of aliphatic hydroxyl groups excluding tert-OH is 1. The van der Waals surface area contributed by atoms with E-state index in [0.717, 1.165) is 50.2 Å². The van der Waals surface area contributed by atoms with E-state index in [9.17, 15) is 21.6 Å². The zero-order valence-corrected chi connectivity index (χ0v) is 18.3. The molecule has 0 unspecified atom stereocenters. The van der Waals surface area contributed by atoms with Crippen molar-refractivity contribution in [1.82, 2.24) is 9.21 Å². The van der Waals surface area contributed by atoms with Gasteiger partial charge in [0.1, 0.15) is 0 Å². The lowest BCUT2D eigenvalue weighted by Crippen LogP contribution is -2.39. The van der Waals surface area contributed by atoms with Crippen LogP contribution >= 0.6 is 0 Å². The molecule has 9 heteroatoms. The van der Waals surface area contributed by atoms with E-state index >= 15 is 0 Å². The topological polar surface area (TPSA) is 60.9 Å². The summed E-state index contributed by atoms with van der Waals surface area (Å²) in [5.41, 5.74) is -0.864. The molecular weight excluding hydrogens is 417 g/mol. The van der Waals surface area contributed by atoms with Gasteiger partial charge in [-0.1, -0.05) is 19.1 Å². The van der Waals surface area contributed by atoms with Gasteiger partial charge in [-0.3, -0.25) is 4.90 Å². The van der Waals surface area contributed by atoms with E-state index in [2.05, 4.69) is 17.1 Å². The highest BCUT2D eigenvalue weighted by Gasteiger charge is 2.33. The molecular formula is C21H31F3N2O3S. The van der Waals surface area contributed by atoms with Crippen molar-refractivity contribution in [2.24, 2.45) is 5.92 Å². The lowest BCUT2D eigenvalue weighted by Gasteiger charge is -2.33. The molecule has 2 rings (SSSR count). The third-order valence-corrected chi connectivity index (χ3v) is 7.67. The number of allylic oxidation sites excluding steroid dienone is 1. The summed E-state index contributed by atoms with van der Waals surface area (Å²) in [6.07, 6.45) is 2.92. The van der Waals surface area contributed by atoms with Crippen LogP contribution < -0.4 is 0 Å². The molecule has 1 fully saturated rings. The number of halogens is 3. The molecule has 0 spiro atoms. The minimum absolute atomic E-state index is 0.122. The molecule has 1 aromatic rings. The minimum atomic E-state index is -4.49. The van der Waals surface area contributed by atoms with E-state index in [1.807, 2.05) is 6.92 Å². The number of alkyl halides is 3. The smallest absolute Gasteiger partial charge is 0.395 e. The second-order valence-electron chi connectivity index (χ2n) is 7.66. The normalized spacial score (nSPS) is 21.1. The van der Waals surface area contributed by atoms with Gasteiger partial charge in [-0.2, -0.15) is 17.5 Å². The quantitative estimate of drug-likeness (QED) is 0.585. The Kier molecular flexibility index (Phi) is 8.90. The van der Waals surface area contributed by atoms with Gasteiger partial charge in [-0.15, -0.1) is 0 Å². The predicted octanol–water partition coefficient (Wildman–Crippen LogP) is 3.76. The number of hydrogen-bond donors (Lipinski definition) is 1. The molecule has 0 aromatic heterocycles. The second-order valence-corrected chi connectivity index (χ2v) is 9.65. The molecule has 0 radical (unpaired) electrons. The number of likely N-dealkylation sites (N-methyl/N-ethyl adjacent to an activating group) is 1. The van der Waals surface area contributed by atoms with Crippen molar-refractivity contribution in [2.75, 3.05) is 33.3 Å². The molecule has 5 nitrogen and oxygen atoms in total. The standard InChI is InChI=1S/C21H31F3N2O3S/c1-3-26(15-16-27)14-4-5-17-6-10-19(11-7-17)25(2)30(28,29)20-12-8-18(9-13-20)21(22,23)24/h4-5,8-9,12-13,17,19,27H,3,6-7,10-11,14-16H2,1-2H3. The third kappa shape index (κ3) is 6.54. The summed E-state index contributed by atoms with van der Waals surface area (Å²) in [5, 5.41) is 9.02. The van der Waals surface area contributed by atoms with Crippen LogP contribution in [0.2, 0.25) is 0 Å². The van der Waals surface area contributed by atoms with Crippen molar-refractivity contribution in [3.63, 3.8) is 0 Å². The first-order valence-electron chi connectivity index (χ1n) is 10.2. The van der Waals surface area contributed by atoms with Crippen molar-refractivity contribution in [3.05, 3.63) is 42.0 Å². The molecule has 0 heterocycles. The van der Waals surface area contributed by atoms with Crippen molar-refractivity contribution in [2.45, 2.75) is 49.7 Å². The first kappa shape index (κ1) is 24.8. The van der Waals surface area contributed by atoms with Crippen LogP contribution in [0.5, 0.6) is 0 Å². The molecule has 1 N–H and O–H groups in total. The van der Waals surface area contributed by atoms with Gasteiger partial charge < -0.3 is 5.11 Å². The van der Waals surface area contributed by atoms with Crippen LogP contribution in [0.15, 0.2) is 41.3 Å². The summed E-state index contributed by atoms with van der Waals surface area (Å²) in [5.74, 6) is 0.385. The Labute approximate surface area is 177 Å². The number of hydrogen-bond acceptors (Lipinski definition) is 4. The molecule has 0 atom stereocenters. The van der Waals surface area contributed by atoms with Crippen molar-refractivity contribution in [1.29, 1.82) is 0 Å². The number of sulfonamides is 1. The zero-order valence-electron chi connectivity index (χ0n) is 17.5. The molecule has 1 aliphatic carbocycles. The Balaban J connectivity index is 1.93. The van der Waals surface area contributed by atoms with Gasteiger partial charge in [0.25, 0.3) is 0 Å². The fourth-order valence-corrected chi connectivity index (χ4v) is 5.17. The van der Waals surface area contributed by atoms with E-state index in [0.29, 0.717) is 25.3 Å². The summed E-state index contributed by atoms with van der Waals surface area (Å²) in [6, 6.07) is 3.49. The monoisotopic (exact) mass is 448 g/mol. The van der Waals surface area contributed by atoms with Crippen LogP contribution in [-0.2, 0) is 16.2 Å². The summed E-state index contributed by atoms with van der Waals surface area (Å²) < 4.78 is 65.1. The number of rotatable bonds is 9. The third-order valence-electron chi connectivity index (χ3n) is 5.75. The maximum absolute atomic E-state index is 12.8. The first-order valence-corrected chi connectivity index (χ1v) is 11.7. The minimum Gasteiger partial charge on any atom is -0.395 e. The number of nitrogens with zero attached hydrogens (tertiary/aromatic N) is 2. The van der Waals surface area contributed by atoms with Gasteiger partial charge >= 0.3 is 6.18 Å². The van der Waals surface area contributed by atoms with Gasteiger partial charge in [0.05, 0.1) is 17.1 Å². The van der Waals surface area contributed by atoms with Crippen LogP contribution in [0, 0.1) is 5.92 Å². The molecule has 170 valence electrons. The van der Waals surface area contributed by atoms with Crippen LogP contribution in [0.25, 0.3) is 0 Å². The van der Waals surface area contributed by atoms with Crippen LogP contribution in [0.4, 0.5) is 13.2 Å². The summed E-state index contributed by atoms with van der Waals surface area (Å²) in [7, 11) is -2.34. The van der Waals surface area contributed by atoms with E-state index in [1.54, 1.807) is 0 Å². The Morgan fingerprint density at radius 1 is 1.13 bits per heavy atom. The Morgan fingerprint density at radius 3 is 2.23 bits per heavy atom. The van der Waals surface area contributed by atoms with Gasteiger partial charge in [-0.05, 0) is 62.4 Å². The van der Waals surface area contributed by atoms with E-state index in [-0.39, 0.29) is 17.5 Å². The average Bonchev–Trinajstić information content (AvgIpc) is 2.72. The summed E-state index contributed by atoms with van der Waals surface area (Å²) in [4.78, 5) is 2.01. The lowest BCUT2D eigenvalue weighted by atomic mass is 9.86. The van der Waals surface area contributed by atoms with E-state index in [4.69, 9.17) is 5.11 Å². The highest BCUT2D eigenvalue weighted by molar-refractivity contribution is 7.89. The Morgan fingerprint density at radius 2 is 1.73 bits per heavy atom. The van der Waals surface area contributed by atoms with E-state index in [1.165, 1.54) is 11.4 Å². The molecule has 0 saturated heterocycles. The Hall–Kier alpha value is -1.42. The molecule has 1 saturated carbocycles. The maximum atomic E-state index is 12.8. The maximum Gasteiger partial charge on any atom is 0.416 e. The fourth-order valence-electron chi connectivity index (χ4n) is 3.76. The lowest BCUT2D eigenvalue weighted by molar-refractivity contribution is -0.137. The predicted molar refractivity (Wildman–Crippen MR) is 110 cm³/mol. The van der Waals surface area contributed by atoms with Gasteiger partial charge in [-0.25, -0.2) is 8.42 Å². The number of benzene rings is 1. The fraction of sp³-hybridized carbons (Fsp3) is 0.619. The van der Waals surface area contributed by atoms with Crippen LogP contribution in [-0.4, -0.2) is 62.1 Å². The zero-order chi connectivity index (χ0) is 22.4. The van der Waals surface area contributed by atoms with Crippen LogP contribution in [0.3, 0.4) is 0 Å². The van der Waals surface area contributed by atoms with Crippen molar-refractivity contribution < 1.29 is 26.7 Å². The van der Waals surface area contributed by atoms with Gasteiger partial charge in [0.15, 0.2) is 0 Å². The molecule has 1 aliphatic rings. The molecule has 1 aromatic carbocycles. The SMILES string of the molecule is CCN(CC=CC1CCC(N(C)S(=O)(=O)c2ccc(C(F)(F)F)cc2)CC1)CCO. The second kappa shape index (κ2) is 10.7. The molecule has 30 heavy (non-hydrogen) atoms. The van der Waals surface area contributed by atoms with Gasteiger partial charge in [0, 0.05) is 26.2 Å². The number of aliphatic hydroxyl groups is 1. The average molecular weight is 449 g/mol. The highest BCUT2D eigenvalue weighted by atomic mass is 32.2. The Bertz CT molecular complexity index is 787. The highest BCUT2D eigenvalue weighted by Crippen LogP contribution is 2.32. The van der Waals surface area contributed by atoms with E-state index < -0.39 is 21.8 Å². The summed E-state index contributed by atoms with van der Waals surface area (Å²) >= 11 is 0. The molecule has 0 aliphatic heterocycles. The largest absolute Gasteiger partial charge is 0.416 e. The first-order chi connectivity index (χ1) is 14.1. The molecule has 0 bridgehead atoms. The van der Waals surface area contributed by atoms with Crippen molar-refractivity contribution >= 4 is 10.0 Å². The molecule has 0 amide bonds.